The zero-order valence-corrected chi connectivity index (χ0v) is 79.4. The van der Waals surface area contributed by atoms with Gasteiger partial charge in [0.1, 0.15) is 46.5 Å². The van der Waals surface area contributed by atoms with E-state index in [1.165, 1.54) is 110 Å². The molecule has 1 N–H and O–H groups in total. The van der Waals surface area contributed by atoms with Gasteiger partial charge < -0.3 is 49.4 Å². The first-order chi connectivity index (χ1) is 60.0. The fourth-order valence-corrected chi connectivity index (χ4v) is 18.3. The number of piperazine rings is 6. The van der Waals surface area contributed by atoms with Crippen LogP contribution in [-0.4, -0.2) is 317 Å². The second-order valence-electron chi connectivity index (χ2n) is 38.6. The summed E-state index contributed by atoms with van der Waals surface area (Å²) in [6.07, 6.45) is 44.6. The van der Waals surface area contributed by atoms with E-state index in [2.05, 4.69) is 225 Å². The molecular formula is C95H150N30. The van der Waals surface area contributed by atoms with Crippen LogP contribution in [0.2, 0.25) is 0 Å². The molecule has 30 heteroatoms. The highest BCUT2D eigenvalue weighted by Gasteiger charge is 2.36. The van der Waals surface area contributed by atoms with Crippen molar-refractivity contribution in [2.45, 2.75) is 237 Å². The summed E-state index contributed by atoms with van der Waals surface area (Å²) in [7, 11) is 4.36. The lowest BCUT2D eigenvalue weighted by molar-refractivity contribution is 0.133. The molecule has 1 aliphatic carbocycles. The molecule has 11 fully saturated rings. The molecular weight excluding hydrogens is 1560 g/mol. The molecule has 18 heterocycles. The number of aryl methyl sites for hydroxylation is 8. The van der Waals surface area contributed by atoms with Crippen LogP contribution >= 0.6 is 0 Å². The maximum Gasteiger partial charge on any atom is 0.147 e. The van der Waals surface area contributed by atoms with Crippen LogP contribution in [0.1, 0.15) is 178 Å². The van der Waals surface area contributed by atoms with Gasteiger partial charge in [-0.2, -0.15) is 0 Å². The lowest BCUT2D eigenvalue weighted by Crippen LogP contribution is -2.55. The molecule has 0 spiro atoms. The number of likely N-dealkylation sites (N-methyl/N-ethyl adjacent to an activating group) is 2. The van der Waals surface area contributed by atoms with Crippen molar-refractivity contribution in [2.24, 2.45) is 10.8 Å². The predicted octanol–water partition coefficient (Wildman–Crippen LogP) is 11.6. The minimum atomic E-state index is 0.408. The normalized spacial score (nSPS) is 24.0. The second-order valence-corrected chi connectivity index (χ2v) is 38.6. The van der Waals surface area contributed by atoms with Crippen molar-refractivity contribution in [1.82, 2.24) is 110 Å². The van der Waals surface area contributed by atoms with Gasteiger partial charge in [-0.3, -0.25) is 59.5 Å². The van der Waals surface area contributed by atoms with E-state index >= 15 is 0 Å². The van der Waals surface area contributed by atoms with Crippen molar-refractivity contribution in [3.63, 3.8) is 0 Å². The Kier molecular flexibility index (Phi) is 34.5. The van der Waals surface area contributed by atoms with Crippen LogP contribution in [0.25, 0.3) is 0 Å². The molecule has 30 nitrogen and oxygen atoms in total. The summed E-state index contributed by atoms with van der Waals surface area (Å²) in [5.41, 5.74) is 8.66. The van der Waals surface area contributed by atoms with E-state index in [-0.39, 0.29) is 0 Å². The van der Waals surface area contributed by atoms with Crippen LogP contribution in [-0.2, 0) is 0 Å². The summed E-state index contributed by atoms with van der Waals surface area (Å²) in [5, 5.41) is 3.50. The average molecular weight is 1710 g/mol. The van der Waals surface area contributed by atoms with Gasteiger partial charge in [0, 0.05) is 186 Å². The van der Waals surface area contributed by atoms with E-state index in [1.54, 1.807) is 0 Å². The van der Waals surface area contributed by atoms with Gasteiger partial charge in [0.25, 0.3) is 0 Å². The maximum atomic E-state index is 4.48. The summed E-state index contributed by atoms with van der Waals surface area (Å²) >= 11 is 0. The molecule has 11 aliphatic rings. The Bertz CT molecular complexity index is 4290. The van der Waals surface area contributed by atoms with Crippen molar-refractivity contribution >= 4 is 46.5 Å². The molecule has 1 saturated carbocycles. The highest BCUT2D eigenvalue weighted by molar-refractivity contribution is 5.43. The molecule has 8 aromatic rings. The number of nitrogens with one attached hydrogen (secondary N) is 1. The first kappa shape index (κ1) is 94.9. The van der Waals surface area contributed by atoms with E-state index in [4.69, 9.17) is 0 Å². The predicted molar refractivity (Wildman–Crippen MR) is 507 cm³/mol. The monoisotopic (exact) mass is 1710 g/mol. The highest BCUT2D eigenvalue weighted by atomic mass is 15.4. The second kappa shape index (κ2) is 45.5. The molecule has 10 saturated heterocycles. The van der Waals surface area contributed by atoms with Gasteiger partial charge in [-0.25, -0.2) is 39.9 Å². The quantitative estimate of drug-likeness (QED) is 0.141. The van der Waals surface area contributed by atoms with Gasteiger partial charge in [-0.05, 0) is 192 Å². The van der Waals surface area contributed by atoms with Gasteiger partial charge in [0.2, 0.25) is 0 Å². The molecule has 680 valence electrons. The SMILES string of the molecule is Cc1cnc(N2CCCC(C)(C)C2)cn1.Cc1cnc(N2CCCC(C)(C)C2)cn1.Cc1cnc(N2CCN(C)C(C)C2)cn1.Cc1cnc(N2CCN(C3CC3)CC2)cn1.Cc1cnc(N2CCN3CCCC3C2)cn1.Cc1cnc(N2CCN3CCCCC3C2)cn1.Cc1cnc(N2C[C@@H](C)N(C)[C@@H](C)C2)cn1.Cc1cnc(N2C[C@@H](C)N[C@@H](C)C2)cn1. The first-order valence-electron chi connectivity index (χ1n) is 46.7. The fraction of sp³-hybridized carbons (Fsp3) is 0.663. The lowest BCUT2D eigenvalue weighted by Gasteiger charge is -2.44. The van der Waals surface area contributed by atoms with Crippen LogP contribution < -0.4 is 44.5 Å². The van der Waals surface area contributed by atoms with Crippen molar-refractivity contribution in [3.05, 3.63) is 145 Å². The largest absolute Gasteiger partial charge is 0.355 e. The molecule has 8 aromatic heterocycles. The number of fused-ring (bicyclic) bond motifs is 2. The van der Waals surface area contributed by atoms with Gasteiger partial charge >= 0.3 is 0 Å². The first-order valence-corrected chi connectivity index (χ1v) is 46.7. The number of aromatic nitrogens is 16. The van der Waals surface area contributed by atoms with Crippen molar-refractivity contribution in [2.75, 3.05) is 204 Å². The third kappa shape index (κ3) is 29.2. The molecule has 0 radical (unpaired) electrons. The van der Waals surface area contributed by atoms with E-state index in [0.29, 0.717) is 41.0 Å². The Morgan fingerprint density at radius 3 is 0.880 bits per heavy atom. The number of hydrogen-bond donors (Lipinski definition) is 1. The van der Waals surface area contributed by atoms with E-state index in [9.17, 15) is 0 Å². The molecule has 0 amide bonds. The summed E-state index contributed by atoms with van der Waals surface area (Å²) in [6.45, 7) is 61.7. The number of anilines is 8. The molecule has 125 heavy (non-hydrogen) atoms. The molecule has 0 bridgehead atoms. The van der Waals surface area contributed by atoms with Gasteiger partial charge in [0.15, 0.2) is 0 Å². The highest BCUT2D eigenvalue weighted by Crippen LogP contribution is 2.34. The average Bonchev–Trinajstić information content (AvgIpc) is 1.83. The van der Waals surface area contributed by atoms with Crippen molar-refractivity contribution in [1.29, 1.82) is 0 Å². The minimum Gasteiger partial charge on any atom is -0.355 e. The van der Waals surface area contributed by atoms with Crippen LogP contribution in [0.3, 0.4) is 0 Å². The Hall–Kier alpha value is -9.20. The smallest absolute Gasteiger partial charge is 0.147 e. The summed E-state index contributed by atoms with van der Waals surface area (Å²) in [4.78, 5) is 101. The minimum absolute atomic E-state index is 0.408. The maximum absolute atomic E-state index is 4.48. The Balaban J connectivity index is 0.000000130. The van der Waals surface area contributed by atoms with Crippen LogP contribution in [0, 0.1) is 66.2 Å². The fourth-order valence-electron chi connectivity index (χ4n) is 18.3. The van der Waals surface area contributed by atoms with Crippen molar-refractivity contribution in [3.8, 4) is 0 Å². The summed E-state index contributed by atoms with van der Waals surface area (Å²) < 4.78 is 0. The van der Waals surface area contributed by atoms with Gasteiger partial charge in [0.05, 0.1) is 145 Å². The third-order valence-corrected chi connectivity index (χ3v) is 26.2. The number of rotatable bonds is 9. The summed E-state index contributed by atoms with van der Waals surface area (Å²) in [6, 6.07) is 5.11. The molecule has 19 rings (SSSR count). The molecule has 0 aromatic carbocycles. The van der Waals surface area contributed by atoms with Gasteiger partial charge in [-0.15, -0.1) is 0 Å². The lowest BCUT2D eigenvalue weighted by atomic mass is 9.84. The standard InChI is InChI=1S/C13H20N4.2C12H18N4.C12H20N4.2C12H19N3.2C11H18N4/c1-11-8-15-13(9-14-11)17-7-6-16-5-3-2-4-12(16)10-17;1-10-8-14-12(9-13-10)16-6-4-15(5-7-16)11-2-3-11;1-10-7-14-12(8-13-10)16-6-5-15-4-2-3-11(15)9-16;1-9-5-14-12(6-13-9)16-7-10(2)15(4)11(3)8-16;2*1-10-7-14-11(8-13-10)15-6-4-5-12(2,3)9-15;1-8-4-13-11(5-12-8)15-6-9(2)14-10(3)7-15;1-9-6-13-11(7-12-9)15-5-4-14(3)10(2)8-15/h8-9,12H,2-7,10H2,1H3;8-9,11H,2-7H2,1H3;7-8,11H,2-6,9H2,1H3;5-6,10-11H,7-8H2,1-4H3;2*7-8H,4-6,9H2,1-3H3;4-5,9-10,14H,6-7H2,1-3H3;6-7,10H,4-5,8H2,1-3H3/t;;;10-,11+;;;9-,10+;. The molecule has 3 unspecified atom stereocenters. The number of piperidine rings is 3. The van der Waals surface area contributed by atoms with Crippen LogP contribution in [0.5, 0.6) is 0 Å². The molecule has 7 atom stereocenters. The number of hydrogen-bond acceptors (Lipinski definition) is 30. The third-order valence-electron chi connectivity index (χ3n) is 26.2. The van der Waals surface area contributed by atoms with E-state index in [1.807, 2.05) is 155 Å². The zero-order chi connectivity index (χ0) is 88.7. The molecule has 10 aliphatic heterocycles. The van der Waals surface area contributed by atoms with Gasteiger partial charge in [-0.1, -0.05) is 34.1 Å². The van der Waals surface area contributed by atoms with E-state index < -0.39 is 0 Å². The van der Waals surface area contributed by atoms with Crippen LogP contribution in [0.15, 0.2) is 99.1 Å². The Morgan fingerprint density at radius 1 is 0.256 bits per heavy atom. The summed E-state index contributed by atoms with van der Waals surface area (Å²) in [5.74, 6) is 8.14. The Labute approximate surface area is 748 Å². The van der Waals surface area contributed by atoms with Crippen molar-refractivity contribution < 1.29 is 0 Å². The zero-order valence-electron chi connectivity index (χ0n) is 79.4. The Morgan fingerprint density at radius 2 is 0.544 bits per heavy atom. The number of nitrogens with zero attached hydrogens (tertiary/aromatic N) is 29. The topological polar surface area (TPSA) is 260 Å². The van der Waals surface area contributed by atoms with E-state index in [0.717, 1.165) is 221 Å². The van der Waals surface area contributed by atoms with Crippen LogP contribution in [0.4, 0.5) is 46.5 Å².